The normalized spacial score (nSPS) is 19.6. The van der Waals surface area contributed by atoms with Gasteiger partial charge in [0.1, 0.15) is 0 Å². The predicted octanol–water partition coefficient (Wildman–Crippen LogP) is 2.93. The van der Waals surface area contributed by atoms with Crippen molar-refractivity contribution < 1.29 is 0 Å². The van der Waals surface area contributed by atoms with Crippen LogP contribution in [0.3, 0.4) is 0 Å². The van der Waals surface area contributed by atoms with Crippen molar-refractivity contribution in [3.8, 4) is 0 Å². The lowest BCUT2D eigenvalue weighted by Crippen LogP contribution is -2.39. The average Bonchev–Trinajstić information content (AvgIpc) is 2.84. The zero-order valence-corrected chi connectivity index (χ0v) is 9.92. The summed E-state index contributed by atoms with van der Waals surface area (Å²) in [7, 11) is 0. The Bertz CT molecular complexity index is 308. The number of rotatable bonds is 4. The Morgan fingerprint density at radius 1 is 1.40 bits per heavy atom. The summed E-state index contributed by atoms with van der Waals surface area (Å²) in [6.45, 7) is 6.64. The minimum Gasteiger partial charge on any atom is -0.351 e. The van der Waals surface area contributed by atoms with E-state index in [0.29, 0.717) is 5.54 Å². The zero-order chi connectivity index (χ0) is 10.7. The third-order valence-corrected chi connectivity index (χ3v) is 3.67. The van der Waals surface area contributed by atoms with Crippen molar-refractivity contribution in [3.05, 3.63) is 24.0 Å². The quantitative estimate of drug-likeness (QED) is 0.801. The molecule has 0 amide bonds. The number of nitrogens with one attached hydrogen (secondary N) is 1. The minimum atomic E-state index is 0.392. The van der Waals surface area contributed by atoms with Crippen molar-refractivity contribution in [1.29, 1.82) is 0 Å². The molecule has 15 heavy (non-hydrogen) atoms. The smallest absolute Gasteiger partial charge is 0.0364 e. The van der Waals surface area contributed by atoms with E-state index in [4.69, 9.17) is 0 Å². The standard InChI is InChI=1S/C13H22N2/c1-3-15-10-6-7-12(15)11-14-13(2)8-4-5-9-13/h6-7,10,14H,3-5,8-9,11H2,1-2H3. The van der Waals surface area contributed by atoms with E-state index in [9.17, 15) is 0 Å². The van der Waals surface area contributed by atoms with Crippen molar-refractivity contribution in [2.24, 2.45) is 0 Å². The van der Waals surface area contributed by atoms with Gasteiger partial charge in [-0.15, -0.1) is 0 Å². The fourth-order valence-electron chi connectivity index (χ4n) is 2.55. The van der Waals surface area contributed by atoms with Crippen LogP contribution in [0.25, 0.3) is 0 Å². The second kappa shape index (κ2) is 4.40. The van der Waals surface area contributed by atoms with Crippen LogP contribution in [-0.4, -0.2) is 10.1 Å². The van der Waals surface area contributed by atoms with Gasteiger partial charge in [0.15, 0.2) is 0 Å². The Kier molecular flexibility index (Phi) is 3.15. The maximum Gasteiger partial charge on any atom is 0.0364 e. The molecule has 0 unspecified atom stereocenters. The molecule has 2 rings (SSSR count). The van der Waals surface area contributed by atoms with E-state index < -0.39 is 0 Å². The Morgan fingerprint density at radius 2 is 2.13 bits per heavy atom. The van der Waals surface area contributed by atoms with Crippen molar-refractivity contribution in [2.75, 3.05) is 0 Å². The Labute approximate surface area is 92.7 Å². The molecule has 1 aliphatic rings. The summed E-state index contributed by atoms with van der Waals surface area (Å²) >= 11 is 0. The van der Waals surface area contributed by atoms with Gasteiger partial charge in [0, 0.05) is 30.5 Å². The van der Waals surface area contributed by atoms with Gasteiger partial charge < -0.3 is 9.88 Å². The van der Waals surface area contributed by atoms with E-state index >= 15 is 0 Å². The van der Waals surface area contributed by atoms with Gasteiger partial charge in [-0.25, -0.2) is 0 Å². The van der Waals surface area contributed by atoms with E-state index in [2.05, 4.69) is 42.1 Å². The summed E-state index contributed by atoms with van der Waals surface area (Å²) in [5.41, 5.74) is 1.80. The monoisotopic (exact) mass is 206 g/mol. The molecule has 2 heteroatoms. The number of hydrogen-bond acceptors (Lipinski definition) is 1. The molecular formula is C13H22N2. The van der Waals surface area contributed by atoms with Crippen LogP contribution in [0.5, 0.6) is 0 Å². The van der Waals surface area contributed by atoms with Crippen LogP contribution in [0.1, 0.15) is 45.2 Å². The molecule has 1 heterocycles. The molecule has 0 radical (unpaired) electrons. The van der Waals surface area contributed by atoms with E-state index in [-0.39, 0.29) is 0 Å². The Balaban J connectivity index is 1.92. The fraction of sp³-hybridized carbons (Fsp3) is 0.692. The second-order valence-electron chi connectivity index (χ2n) is 4.91. The van der Waals surface area contributed by atoms with Crippen LogP contribution in [0.2, 0.25) is 0 Å². The SMILES string of the molecule is CCn1cccc1CNC1(C)CCCC1. The number of aryl methyl sites for hydroxylation is 1. The summed E-state index contributed by atoms with van der Waals surface area (Å²) < 4.78 is 2.31. The van der Waals surface area contributed by atoms with Crippen molar-refractivity contribution in [1.82, 2.24) is 9.88 Å². The lowest BCUT2D eigenvalue weighted by Gasteiger charge is -2.25. The highest BCUT2D eigenvalue weighted by Crippen LogP contribution is 2.29. The minimum absolute atomic E-state index is 0.392. The molecule has 2 nitrogen and oxygen atoms in total. The molecule has 0 spiro atoms. The molecule has 1 aliphatic carbocycles. The molecule has 0 atom stereocenters. The van der Waals surface area contributed by atoms with Crippen LogP contribution in [0.4, 0.5) is 0 Å². The lowest BCUT2D eigenvalue weighted by atomic mass is 10.0. The van der Waals surface area contributed by atoms with Gasteiger partial charge in [0.2, 0.25) is 0 Å². The van der Waals surface area contributed by atoms with Crippen LogP contribution in [0.15, 0.2) is 18.3 Å². The summed E-state index contributed by atoms with van der Waals surface area (Å²) in [5, 5.41) is 3.71. The maximum atomic E-state index is 3.71. The van der Waals surface area contributed by atoms with Gasteiger partial charge in [-0.2, -0.15) is 0 Å². The summed E-state index contributed by atoms with van der Waals surface area (Å²) in [6, 6.07) is 4.35. The van der Waals surface area contributed by atoms with Gasteiger partial charge in [-0.1, -0.05) is 12.8 Å². The van der Waals surface area contributed by atoms with E-state index in [1.54, 1.807) is 0 Å². The average molecular weight is 206 g/mol. The van der Waals surface area contributed by atoms with Gasteiger partial charge in [-0.3, -0.25) is 0 Å². The van der Waals surface area contributed by atoms with E-state index in [0.717, 1.165) is 13.1 Å². The van der Waals surface area contributed by atoms with E-state index in [1.165, 1.54) is 31.4 Å². The van der Waals surface area contributed by atoms with Crippen LogP contribution >= 0.6 is 0 Å². The highest BCUT2D eigenvalue weighted by molar-refractivity contribution is 5.07. The first-order valence-electron chi connectivity index (χ1n) is 6.12. The molecular weight excluding hydrogens is 184 g/mol. The fourth-order valence-corrected chi connectivity index (χ4v) is 2.55. The summed E-state index contributed by atoms with van der Waals surface area (Å²) in [6.07, 6.45) is 7.60. The predicted molar refractivity (Wildman–Crippen MR) is 63.8 cm³/mol. The first kappa shape index (κ1) is 10.7. The van der Waals surface area contributed by atoms with Crippen LogP contribution in [0, 0.1) is 0 Å². The van der Waals surface area contributed by atoms with Gasteiger partial charge in [0.05, 0.1) is 0 Å². The Hall–Kier alpha value is -0.760. The van der Waals surface area contributed by atoms with Crippen LogP contribution < -0.4 is 5.32 Å². The maximum absolute atomic E-state index is 3.71. The third-order valence-electron chi connectivity index (χ3n) is 3.67. The molecule has 1 fully saturated rings. The third kappa shape index (κ3) is 2.43. The summed E-state index contributed by atoms with van der Waals surface area (Å²) in [5.74, 6) is 0. The van der Waals surface area contributed by atoms with Gasteiger partial charge in [0.25, 0.3) is 0 Å². The Morgan fingerprint density at radius 3 is 2.80 bits per heavy atom. The molecule has 84 valence electrons. The van der Waals surface area contributed by atoms with Gasteiger partial charge in [-0.05, 0) is 38.8 Å². The topological polar surface area (TPSA) is 17.0 Å². The highest BCUT2D eigenvalue weighted by atomic mass is 15.0. The van der Waals surface area contributed by atoms with Crippen molar-refractivity contribution in [2.45, 2.75) is 58.2 Å². The largest absolute Gasteiger partial charge is 0.351 e. The first-order valence-corrected chi connectivity index (χ1v) is 6.12. The second-order valence-corrected chi connectivity index (χ2v) is 4.91. The lowest BCUT2D eigenvalue weighted by molar-refractivity contribution is 0.357. The van der Waals surface area contributed by atoms with Crippen LogP contribution in [-0.2, 0) is 13.1 Å². The molecule has 0 saturated heterocycles. The number of hydrogen-bond donors (Lipinski definition) is 1. The van der Waals surface area contributed by atoms with Crippen molar-refractivity contribution in [3.63, 3.8) is 0 Å². The van der Waals surface area contributed by atoms with E-state index in [1.807, 2.05) is 0 Å². The molecule has 0 aliphatic heterocycles. The molecule has 1 N–H and O–H groups in total. The first-order chi connectivity index (χ1) is 7.23. The highest BCUT2D eigenvalue weighted by Gasteiger charge is 2.27. The molecule has 1 aromatic rings. The number of aromatic nitrogens is 1. The molecule has 1 saturated carbocycles. The molecule has 0 aromatic carbocycles. The van der Waals surface area contributed by atoms with Gasteiger partial charge >= 0.3 is 0 Å². The zero-order valence-electron chi connectivity index (χ0n) is 9.92. The van der Waals surface area contributed by atoms with Crippen molar-refractivity contribution >= 4 is 0 Å². The summed E-state index contributed by atoms with van der Waals surface area (Å²) in [4.78, 5) is 0. The molecule has 1 aromatic heterocycles. The molecule has 0 bridgehead atoms. The number of nitrogens with zero attached hydrogens (tertiary/aromatic N) is 1.